The van der Waals surface area contributed by atoms with Gasteiger partial charge in [0.05, 0.1) is 12.2 Å². The second-order valence-corrected chi connectivity index (χ2v) is 3.75. The van der Waals surface area contributed by atoms with Crippen LogP contribution in [-0.2, 0) is 6.54 Å². The van der Waals surface area contributed by atoms with Crippen molar-refractivity contribution in [2.45, 2.75) is 39.8 Å². The van der Waals surface area contributed by atoms with Crippen LogP contribution in [0.1, 0.15) is 31.8 Å². The minimum atomic E-state index is 0.343. The molecule has 88 valence electrons. The van der Waals surface area contributed by atoms with E-state index in [2.05, 4.69) is 34.1 Å². The highest BCUT2D eigenvalue weighted by Gasteiger charge is 1.99. The first-order valence-corrected chi connectivity index (χ1v) is 5.46. The van der Waals surface area contributed by atoms with Crippen LogP contribution in [0.15, 0.2) is 17.3 Å². The average molecular weight is 221 g/mol. The monoisotopic (exact) mass is 221 g/mol. The summed E-state index contributed by atoms with van der Waals surface area (Å²) in [5.41, 5.74) is 6.61. The van der Waals surface area contributed by atoms with E-state index in [4.69, 9.17) is 5.73 Å². The molecule has 3 N–H and O–H groups in total. The summed E-state index contributed by atoms with van der Waals surface area (Å²) >= 11 is 0. The third kappa shape index (κ3) is 4.25. The number of hydrogen-bond donors (Lipinski definition) is 2. The van der Waals surface area contributed by atoms with Gasteiger partial charge in [0, 0.05) is 12.2 Å². The van der Waals surface area contributed by atoms with Crippen molar-refractivity contribution in [1.29, 1.82) is 0 Å². The molecule has 1 heterocycles. The molecule has 5 heteroatoms. The van der Waals surface area contributed by atoms with Gasteiger partial charge < -0.3 is 11.1 Å². The highest BCUT2D eigenvalue weighted by Crippen LogP contribution is 1.96. The molecule has 0 spiro atoms. The van der Waals surface area contributed by atoms with Gasteiger partial charge in [0.25, 0.3) is 0 Å². The molecule has 0 saturated carbocycles. The molecule has 0 unspecified atom stereocenters. The highest BCUT2D eigenvalue weighted by atomic mass is 15.1. The third-order valence-corrected chi connectivity index (χ3v) is 2.25. The van der Waals surface area contributed by atoms with Gasteiger partial charge in [-0.3, -0.25) is 0 Å². The van der Waals surface area contributed by atoms with Crippen LogP contribution in [0.3, 0.4) is 0 Å². The van der Waals surface area contributed by atoms with Crippen LogP contribution in [0.25, 0.3) is 0 Å². The molecule has 5 nitrogen and oxygen atoms in total. The van der Waals surface area contributed by atoms with Gasteiger partial charge in [0.2, 0.25) is 0 Å². The molecule has 0 fully saturated rings. The largest absolute Gasteiger partial charge is 0.370 e. The topological polar surface area (TPSA) is 76.2 Å². The van der Waals surface area contributed by atoms with Crippen molar-refractivity contribution in [1.82, 2.24) is 15.3 Å². The summed E-state index contributed by atoms with van der Waals surface area (Å²) in [7, 11) is 0. The lowest BCUT2D eigenvalue weighted by atomic mass is 10.3. The average Bonchev–Trinajstić information content (AvgIpc) is 2.26. The number of aromatic nitrogens is 2. The standard InChI is InChI=1S/C11H19N5/c1-4-8(2)15-11(12)14-7-10-5-6-13-9(3)16-10/h5-6,8H,4,7H2,1-3H3,(H3,12,14,15)/t8-/m0/s1. The molecule has 0 aliphatic carbocycles. The number of nitrogens with one attached hydrogen (secondary N) is 1. The van der Waals surface area contributed by atoms with Crippen LogP contribution in [0.2, 0.25) is 0 Å². The Morgan fingerprint density at radius 2 is 2.38 bits per heavy atom. The maximum atomic E-state index is 5.73. The van der Waals surface area contributed by atoms with Gasteiger partial charge in [-0.05, 0) is 26.3 Å². The third-order valence-electron chi connectivity index (χ3n) is 2.25. The fourth-order valence-electron chi connectivity index (χ4n) is 1.16. The Balaban J connectivity index is 2.52. The van der Waals surface area contributed by atoms with Gasteiger partial charge in [0.15, 0.2) is 5.96 Å². The van der Waals surface area contributed by atoms with E-state index in [1.165, 1.54) is 0 Å². The zero-order chi connectivity index (χ0) is 12.0. The van der Waals surface area contributed by atoms with Crippen molar-refractivity contribution in [3.8, 4) is 0 Å². The van der Waals surface area contributed by atoms with Crippen LogP contribution < -0.4 is 11.1 Å². The van der Waals surface area contributed by atoms with E-state index in [9.17, 15) is 0 Å². The molecule has 0 bridgehead atoms. The van der Waals surface area contributed by atoms with Crippen molar-refractivity contribution in [3.05, 3.63) is 23.8 Å². The smallest absolute Gasteiger partial charge is 0.189 e. The lowest BCUT2D eigenvalue weighted by Crippen LogP contribution is -2.38. The molecule has 0 radical (unpaired) electrons. The summed E-state index contributed by atoms with van der Waals surface area (Å²) in [4.78, 5) is 12.5. The Hall–Kier alpha value is -1.65. The number of guanidine groups is 1. The molecule has 0 saturated heterocycles. The zero-order valence-electron chi connectivity index (χ0n) is 10.1. The van der Waals surface area contributed by atoms with Crippen molar-refractivity contribution >= 4 is 5.96 Å². The first-order chi connectivity index (χ1) is 7.61. The van der Waals surface area contributed by atoms with Crippen molar-refractivity contribution in [3.63, 3.8) is 0 Å². The van der Waals surface area contributed by atoms with Crippen LogP contribution >= 0.6 is 0 Å². The molecule has 1 aromatic heterocycles. The summed E-state index contributed by atoms with van der Waals surface area (Å²) in [6, 6.07) is 2.18. The quantitative estimate of drug-likeness (QED) is 0.587. The lowest BCUT2D eigenvalue weighted by molar-refractivity contribution is 0.636. The Kier molecular flexibility index (Phi) is 4.69. The Bertz CT molecular complexity index is 361. The molecular weight excluding hydrogens is 202 g/mol. The normalized spacial score (nSPS) is 13.6. The van der Waals surface area contributed by atoms with Gasteiger partial charge in [-0.1, -0.05) is 6.92 Å². The lowest BCUT2D eigenvalue weighted by Gasteiger charge is -2.11. The Labute approximate surface area is 96.2 Å². The maximum absolute atomic E-state index is 5.73. The van der Waals surface area contributed by atoms with Crippen LogP contribution in [0.4, 0.5) is 0 Å². The summed E-state index contributed by atoms with van der Waals surface area (Å²) in [6.45, 7) is 6.50. The number of aryl methyl sites for hydroxylation is 1. The van der Waals surface area contributed by atoms with Gasteiger partial charge in [-0.2, -0.15) is 0 Å². The number of nitrogens with two attached hydrogens (primary N) is 1. The van der Waals surface area contributed by atoms with E-state index in [0.717, 1.165) is 17.9 Å². The van der Waals surface area contributed by atoms with Gasteiger partial charge in [-0.15, -0.1) is 0 Å². The highest BCUT2D eigenvalue weighted by molar-refractivity contribution is 5.78. The molecule has 0 aliphatic heterocycles. The van der Waals surface area contributed by atoms with Crippen molar-refractivity contribution in [2.24, 2.45) is 10.7 Å². The second kappa shape index (κ2) is 6.05. The maximum Gasteiger partial charge on any atom is 0.189 e. The number of nitrogens with zero attached hydrogens (tertiary/aromatic N) is 3. The first kappa shape index (κ1) is 12.4. The van der Waals surface area contributed by atoms with E-state index in [-0.39, 0.29) is 0 Å². The van der Waals surface area contributed by atoms with Gasteiger partial charge in [0.1, 0.15) is 5.82 Å². The number of hydrogen-bond acceptors (Lipinski definition) is 3. The summed E-state index contributed by atoms with van der Waals surface area (Å²) < 4.78 is 0. The number of aliphatic imine (C=N–C) groups is 1. The van der Waals surface area contributed by atoms with Gasteiger partial charge in [-0.25, -0.2) is 15.0 Å². The molecule has 1 rings (SSSR count). The summed E-state index contributed by atoms with van der Waals surface area (Å²) in [5.74, 6) is 1.21. The van der Waals surface area contributed by atoms with E-state index in [1.54, 1.807) is 6.20 Å². The molecule has 0 amide bonds. The van der Waals surface area contributed by atoms with E-state index < -0.39 is 0 Å². The fraction of sp³-hybridized carbons (Fsp3) is 0.545. The minimum absolute atomic E-state index is 0.343. The minimum Gasteiger partial charge on any atom is -0.370 e. The van der Waals surface area contributed by atoms with E-state index in [0.29, 0.717) is 18.5 Å². The molecule has 1 atom stereocenters. The summed E-state index contributed by atoms with van der Waals surface area (Å²) in [6.07, 6.45) is 2.74. The fourth-order valence-corrected chi connectivity index (χ4v) is 1.16. The van der Waals surface area contributed by atoms with E-state index in [1.807, 2.05) is 13.0 Å². The summed E-state index contributed by atoms with van der Waals surface area (Å²) in [5, 5.41) is 3.10. The predicted octanol–water partition coefficient (Wildman–Crippen LogP) is 0.988. The predicted molar refractivity (Wildman–Crippen MR) is 65.0 cm³/mol. The van der Waals surface area contributed by atoms with E-state index >= 15 is 0 Å². The Morgan fingerprint density at radius 1 is 1.62 bits per heavy atom. The molecule has 1 aromatic rings. The molecule has 0 aromatic carbocycles. The van der Waals surface area contributed by atoms with Crippen LogP contribution in [0.5, 0.6) is 0 Å². The SMILES string of the molecule is CC[C@H](C)NC(N)=NCc1ccnc(C)n1. The van der Waals surface area contributed by atoms with Crippen molar-refractivity contribution < 1.29 is 0 Å². The zero-order valence-corrected chi connectivity index (χ0v) is 10.1. The first-order valence-electron chi connectivity index (χ1n) is 5.46. The number of rotatable bonds is 4. The molecular formula is C11H19N5. The Morgan fingerprint density at radius 3 is 3.00 bits per heavy atom. The molecule has 16 heavy (non-hydrogen) atoms. The molecule has 0 aliphatic rings. The van der Waals surface area contributed by atoms with Gasteiger partial charge >= 0.3 is 0 Å². The second-order valence-electron chi connectivity index (χ2n) is 3.75. The van der Waals surface area contributed by atoms with Crippen LogP contribution in [0, 0.1) is 6.92 Å². The van der Waals surface area contributed by atoms with Crippen LogP contribution in [-0.4, -0.2) is 22.0 Å². The van der Waals surface area contributed by atoms with Crippen molar-refractivity contribution in [2.75, 3.05) is 0 Å².